The SMILES string of the molecule is CCCNC(=O)N[C@@H](CCC(=O)O)CC(=O)O.O=C=O. The zero-order valence-electron chi connectivity index (χ0n) is 11.0. The third-order valence-electron chi connectivity index (χ3n) is 2.00. The monoisotopic (exact) mass is 290 g/mol. The van der Waals surface area contributed by atoms with Gasteiger partial charge in [0.05, 0.1) is 6.42 Å². The number of hydrogen-bond acceptors (Lipinski definition) is 5. The Bertz CT molecular complexity index is 351. The summed E-state index contributed by atoms with van der Waals surface area (Å²) in [6, 6.07) is -1.14. The van der Waals surface area contributed by atoms with Crippen molar-refractivity contribution in [2.75, 3.05) is 6.54 Å². The number of rotatable bonds is 8. The van der Waals surface area contributed by atoms with E-state index in [1.807, 2.05) is 6.92 Å². The Morgan fingerprint density at radius 3 is 2.10 bits per heavy atom. The smallest absolute Gasteiger partial charge is 0.373 e. The van der Waals surface area contributed by atoms with E-state index < -0.39 is 24.0 Å². The summed E-state index contributed by atoms with van der Waals surface area (Å²) in [6.07, 6.45) is 0.659. The van der Waals surface area contributed by atoms with Crippen LogP contribution in [0.4, 0.5) is 4.79 Å². The van der Waals surface area contributed by atoms with E-state index in [-0.39, 0.29) is 25.4 Å². The second-order valence-electron chi connectivity index (χ2n) is 3.71. The fourth-order valence-corrected chi connectivity index (χ4v) is 1.21. The van der Waals surface area contributed by atoms with Crippen LogP contribution in [0.2, 0.25) is 0 Å². The van der Waals surface area contributed by atoms with Gasteiger partial charge in [0.2, 0.25) is 0 Å². The molecule has 0 fully saturated rings. The standard InChI is InChI=1S/C10H18N2O5.CO2/c1-2-5-11-10(17)12-7(6-9(15)16)3-4-8(13)14;2-1-3/h7H,2-6H2,1H3,(H,13,14)(H,15,16)(H2,11,12,17);/t7-;/m0./s1. The molecule has 0 heterocycles. The molecule has 2 amide bonds. The number of carbonyl (C=O) groups excluding carboxylic acids is 3. The molecule has 4 N–H and O–H groups in total. The molecule has 0 aromatic heterocycles. The summed E-state index contributed by atoms with van der Waals surface area (Å²) in [5.74, 6) is -2.09. The molecule has 9 nitrogen and oxygen atoms in total. The van der Waals surface area contributed by atoms with E-state index in [0.717, 1.165) is 6.42 Å². The summed E-state index contributed by atoms with van der Waals surface area (Å²) in [5, 5.41) is 22.1. The van der Waals surface area contributed by atoms with Crippen molar-refractivity contribution < 1.29 is 34.2 Å². The maximum Gasteiger partial charge on any atom is 0.373 e. The van der Waals surface area contributed by atoms with Gasteiger partial charge in [0, 0.05) is 19.0 Å². The molecule has 0 rings (SSSR count). The van der Waals surface area contributed by atoms with Gasteiger partial charge in [0.1, 0.15) is 0 Å². The molecule has 9 heteroatoms. The highest BCUT2D eigenvalue weighted by Crippen LogP contribution is 2.02. The van der Waals surface area contributed by atoms with Gasteiger partial charge in [-0.2, -0.15) is 9.59 Å². The van der Waals surface area contributed by atoms with Crippen molar-refractivity contribution in [2.24, 2.45) is 0 Å². The minimum Gasteiger partial charge on any atom is -0.481 e. The molecule has 0 saturated carbocycles. The summed E-state index contributed by atoms with van der Waals surface area (Å²) in [5.41, 5.74) is 0. The van der Waals surface area contributed by atoms with Gasteiger partial charge in [0.15, 0.2) is 0 Å². The maximum atomic E-state index is 11.3. The molecular formula is C11H18N2O7. The largest absolute Gasteiger partial charge is 0.481 e. The molecule has 0 saturated heterocycles. The van der Waals surface area contributed by atoms with E-state index in [4.69, 9.17) is 19.8 Å². The van der Waals surface area contributed by atoms with Gasteiger partial charge in [-0.3, -0.25) is 9.59 Å². The first-order valence-electron chi connectivity index (χ1n) is 5.84. The zero-order valence-corrected chi connectivity index (χ0v) is 11.0. The summed E-state index contributed by atoms with van der Waals surface area (Å²) in [4.78, 5) is 48.4. The van der Waals surface area contributed by atoms with Crippen LogP contribution in [0.15, 0.2) is 0 Å². The van der Waals surface area contributed by atoms with E-state index in [1.54, 1.807) is 0 Å². The average molecular weight is 290 g/mol. The number of amides is 2. The Morgan fingerprint density at radius 2 is 1.70 bits per heavy atom. The minimum absolute atomic E-state index is 0.0984. The molecule has 1 atom stereocenters. The van der Waals surface area contributed by atoms with E-state index in [9.17, 15) is 14.4 Å². The molecule has 0 aromatic carbocycles. The van der Waals surface area contributed by atoms with Gasteiger partial charge in [-0.15, -0.1) is 0 Å². The number of carboxylic acid groups (broad SMARTS) is 2. The van der Waals surface area contributed by atoms with Crippen LogP contribution in [0, 0.1) is 0 Å². The molecule has 0 bridgehead atoms. The van der Waals surface area contributed by atoms with Gasteiger partial charge < -0.3 is 20.8 Å². The molecule has 0 aromatic rings. The predicted octanol–water partition coefficient (Wildman–Crippen LogP) is -0.180. The number of hydrogen-bond donors (Lipinski definition) is 4. The van der Waals surface area contributed by atoms with E-state index in [0.29, 0.717) is 6.54 Å². The molecule has 0 radical (unpaired) electrons. The normalized spacial score (nSPS) is 10.2. The predicted molar refractivity (Wildman–Crippen MR) is 64.7 cm³/mol. The lowest BCUT2D eigenvalue weighted by Gasteiger charge is -2.16. The minimum atomic E-state index is -1.07. The summed E-state index contributed by atoms with van der Waals surface area (Å²) in [6.45, 7) is 2.38. The molecule has 0 aliphatic heterocycles. The van der Waals surface area contributed by atoms with Crippen LogP contribution in [0.1, 0.15) is 32.6 Å². The lowest BCUT2D eigenvalue weighted by molar-refractivity contribution is -0.191. The van der Waals surface area contributed by atoms with Crippen LogP contribution >= 0.6 is 0 Å². The number of urea groups is 1. The van der Waals surface area contributed by atoms with Gasteiger partial charge in [-0.05, 0) is 12.8 Å². The van der Waals surface area contributed by atoms with Crippen molar-refractivity contribution in [3.63, 3.8) is 0 Å². The van der Waals surface area contributed by atoms with Crippen molar-refractivity contribution in [3.05, 3.63) is 0 Å². The van der Waals surface area contributed by atoms with Crippen molar-refractivity contribution >= 4 is 24.1 Å². The Balaban J connectivity index is 0. The topological polar surface area (TPSA) is 150 Å². The van der Waals surface area contributed by atoms with Gasteiger partial charge >= 0.3 is 24.1 Å². The van der Waals surface area contributed by atoms with E-state index in [1.165, 1.54) is 0 Å². The van der Waals surface area contributed by atoms with Crippen LogP contribution < -0.4 is 10.6 Å². The quantitative estimate of drug-likeness (QED) is 0.484. The number of nitrogens with one attached hydrogen (secondary N) is 2. The average Bonchev–Trinajstić information content (AvgIpc) is 2.33. The molecular weight excluding hydrogens is 272 g/mol. The summed E-state index contributed by atoms with van der Waals surface area (Å²) >= 11 is 0. The lowest BCUT2D eigenvalue weighted by atomic mass is 10.1. The number of carboxylic acids is 2. The third-order valence-corrected chi connectivity index (χ3v) is 2.00. The van der Waals surface area contributed by atoms with Crippen molar-refractivity contribution in [1.29, 1.82) is 0 Å². The van der Waals surface area contributed by atoms with Crippen LogP contribution in [-0.2, 0) is 19.2 Å². The van der Waals surface area contributed by atoms with Crippen molar-refractivity contribution in [3.8, 4) is 0 Å². The van der Waals surface area contributed by atoms with Gasteiger partial charge in [-0.25, -0.2) is 4.79 Å². The van der Waals surface area contributed by atoms with Crippen LogP contribution in [-0.4, -0.2) is 46.9 Å². The van der Waals surface area contributed by atoms with Gasteiger partial charge in [-0.1, -0.05) is 6.92 Å². The molecule has 20 heavy (non-hydrogen) atoms. The van der Waals surface area contributed by atoms with Crippen LogP contribution in [0.5, 0.6) is 0 Å². The zero-order chi connectivity index (χ0) is 16.0. The highest BCUT2D eigenvalue weighted by atomic mass is 16.4. The second-order valence-corrected chi connectivity index (χ2v) is 3.71. The first kappa shape index (κ1) is 19.9. The fourth-order valence-electron chi connectivity index (χ4n) is 1.21. The molecule has 0 unspecified atom stereocenters. The number of aliphatic carboxylic acids is 2. The highest BCUT2D eigenvalue weighted by Gasteiger charge is 2.16. The molecule has 0 aliphatic rings. The second kappa shape index (κ2) is 13.0. The van der Waals surface area contributed by atoms with Crippen molar-refractivity contribution in [1.82, 2.24) is 10.6 Å². The third kappa shape index (κ3) is 15.6. The van der Waals surface area contributed by atoms with Crippen molar-refractivity contribution in [2.45, 2.75) is 38.6 Å². The Hall–Kier alpha value is -2.41. The first-order chi connectivity index (χ1) is 9.37. The molecule has 114 valence electrons. The first-order valence-corrected chi connectivity index (χ1v) is 5.84. The fraction of sp³-hybridized carbons (Fsp3) is 0.636. The Labute approximate surface area is 115 Å². The molecule has 0 aliphatic carbocycles. The van der Waals surface area contributed by atoms with Crippen LogP contribution in [0.3, 0.4) is 0 Å². The Kier molecular flexibility index (Phi) is 13.0. The lowest BCUT2D eigenvalue weighted by Crippen LogP contribution is -2.43. The van der Waals surface area contributed by atoms with Crippen LogP contribution in [0.25, 0.3) is 0 Å². The van der Waals surface area contributed by atoms with E-state index in [2.05, 4.69) is 10.6 Å². The summed E-state index contributed by atoms with van der Waals surface area (Å²) < 4.78 is 0. The molecule has 0 spiro atoms. The Morgan fingerprint density at radius 1 is 1.15 bits per heavy atom. The maximum absolute atomic E-state index is 11.3. The summed E-state index contributed by atoms with van der Waals surface area (Å²) in [7, 11) is 0. The van der Waals surface area contributed by atoms with Gasteiger partial charge in [0.25, 0.3) is 0 Å². The highest BCUT2D eigenvalue weighted by molar-refractivity contribution is 5.76. The number of carbonyl (C=O) groups is 3. The van der Waals surface area contributed by atoms with E-state index >= 15 is 0 Å².